The molecule has 3 rings (SSSR count). The van der Waals surface area contributed by atoms with Crippen LogP contribution in [0.25, 0.3) is 0 Å². The number of amides is 2. The number of sulfonamides is 1. The lowest BCUT2D eigenvalue weighted by atomic mass is 9.95. The lowest BCUT2D eigenvalue weighted by molar-refractivity contribution is -0.140. The average molecular weight is 555 g/mol. The molecule has 0 spiro atoms. The van der Waals surface area contributed by atoms with Gasteiger partial charge in [0.25, 0.3) is 0 Å². The number of nitrogens with one attached hydrogen (secondary N) is 1. The molecule has 1 N–H and O–H groups in total. The van der Waals surface area contributed by atoms with Gasteiger partial charge in [0, 0.05) is 17.6 Å². The molecule has 0 bridgehead atoms. The Morgan fingerprint density at radius 1 is 1.06 bits per heavy atom. The third-order valence-corrected chi connectivity index (χ3v) is 8.07. The van der Waals surface area contributed by atoms with Crippen LogP contribution in [-0.2, 0) is 26.2 Å². The van der Waals surface area contributed by atoms with Gasteiger partial charge in [-0.25, -0.2) is 8.42 Å². The molecular weight excluding hydrogens is 521 g/mol. The zero-order valence-electron chi connectivity index (χ0n) is 20.6. The van der Waals surface area contributed by atoms with E-state index in [4.69, 9.17) is 23.2 Å². The predicted octanol–water partition coefficient (Wildman–Crippen LogP) is 5.02. The maximum Gasteiger partial charge on any atom is 0.244 e. The molecule has 0 heterocycles. The Morgan fingerprint density at radius 3 is 2.33 bits per heavy atom. The molecule has 2 amide bonds. The van der Waals surface area contributed by atoms with Gasteiger partial charge < -0.3 is 10.2 Å². The van der Waals surface area contributed by atoms with Gasteiger partial charge in [-0.3, -0.25) is 13.9 Å². The van der Waals surface area contributed by atoms with E-state index in [0.29, 0.717) is 6.42 Å². The number of benzene rings is 2. The van der Waals surface area contributed by atoms with E-state index in [9.17, 15) is 18.0 Å². The van der Waals surface area contributed by atoms with E-state index >= 15 is 0 Å². The normalized spacial score (nSPS) is 15.2. The highest BCUT2D eigenvalue weighted by Gasteiger charge is 2.33. The first kappa shape index (κ1) is 28.3. The van der Waals surface area contributed by atoms with Crippen molar-refractivity contribution in [3.05, 3.63) is 64.1 Å². The Hall–Kier alpha value is -2.29. The summed E-state index contributed by atoms with van der Waals surface area (Å²) < 4.78 is 26.4. The smallest absolute Gasteiger partial charge is 0.244 e. The molecular formula is C26H33Cl2N3O4S. The van der Waals surface area contributed by atoms with Crippen LogP contribution in [0.5, 0.6) is 0 Å². The highest BCUT2D eigenvalue weighted by molar-refractivity contribution is 7.92. The highest BCUT2D eigenvalue weighted by atomic mass is 35.5. The van der Waals surface area contributed by atoms with Gasteiger partial charge in [-0.15, -0.1) is 0 Å². The van der Waals surface area contributed by atoms with Gasteiger partial charge >= 0.3 is 0 Å². The second kappa shape index (κ2) is 12.8. The Morgan fingerprint density at radius 2 is 1.72 bits per heavy atom. The van der Waals surface area contributed by atoms with Crippen molar-refractivity contribution in [1.82, 2.24) is 10.2 Å². The number of hydrogen-bond acceptors (Lipinski definition) is 4. The summed E-state index contributed by atoms with van der Waals surface area (Å²) in [5.74, 6) is -0.730. The monoisotopic (exact) mass is 553 g/mol. The minimum absolute atomic E-state index is 0.0896. The highest BCUT2D eigenvalue weighted by Crippen LogP contribution is 2.31. The molecule has 0 radical (unpaired) electrons. The standard InChI is InChI=1S/C26H33Cl2N3O4S/c1-3-23(26(33)29-21-12-8-5-9-13-21)30(17-19-10-6-4-7-11-19)25(32)18-31(36(2,34)35)24-16-20(27)14-15-22(24)28/h4,6-7,10-11,14-16,21,23H,3,5,8-9,12-13,17-18H2,1-2H3,(H,29,33)/t23-/m1/s1. The molecule has 0 saturated heterocycles. The molecule has 1 saturated carbocycles. The van der Waals surface area contributed by atoms with E-state index in [1.54, 1.807) is 6.07 Å². The summed E-state index contributed by atoms with van der Waals surface area (Å²) in [4.78, 5) is 28.6. The molecule has 0 aromatic heterocycles. The molecule has 1 aliphatic rings. The second-order valence-corrected chi connectivity index (χ2v) is 11.9. The van der Waals surface area contributed by atoms with Gasteiger partial charge in [-0.05, 0) is 43.0 Å². The van der Waals surface area contributed by atoms with Gasteiger partial charge in [-0.2, -0.15) is 0 Å². The molecule has 10 heteroatoms. The molecule has 36 heavy (non-hydrogen) atoms. The number of halogens is 2. The SMILES string of the molecule is CC[C@H](C(=O)NC1CCCCC1)N(Cc1ccccc1)C(=O)CN(c1cc(Cl)ccc1Cl)S(C)(=O)=O. The molecule has 0 unspecified atom stereocenters. The Bertz CT molecular complexity index is 1160. The Labute approximate surface area is 223 Å². The maximum atomic E-state index is 13.7. The van der Waals surface area contributed by atoms with E-state index in [2.05, 4.69) is 5.32 Å². The number of rotatable bonds is 10. The van der Waals surface area contributed by atoms with Crippen molar-refractivity contribution in [2.24, 2.45) is 0 Å². The molecule has 2 aromatic carbocycles. The van der Waals surface area contributed by atoms with E-state index in [1.165, 1.54) is 17.0 Å². The first-order valence-electron chi connectivity index (χ1n) is 12.2. The minimum Gasteiger partial charge on any atom is -0.352 e. The van der Waals surface area contributed by atoms with E-state index in [1.807, 2.05) is 37.3 Å². The molecule has 1 fully saturated rings. The first-order valence-corrected chi connectivity index (χ1v) is 14.8. The zero-order chi connectivity index (χ0) is 26.3. The largest absolute Gasteiger partial charge is 0.352 e. The van der Waals surface area contributed by atoms with Crippen LogP contribution in [0.15, 0.2) is 48.5 Å². The number of hydrogen-bond donors (Lipinski definition) is 1. The van der Waals surface area contributed by atoms with Crippen molar-refractivity contribution in [1.29, 1.82) is 0 Å². The number of carbonyl (C=O) groups is 2. The summed E-state index contributed by atoms with van der Waals surface area (Å²) in [6.45, 7) is 1.49. The fourth-order valence-electron chi connectivity index (χ4n) is 4.52. The van der Waals surface area contributed by atoms with Crippen LogP contribution < -0.4 is 9.62 Å². The van der Waals surface area contributed by atoms with Crippen LogP contribution in [0.1, 0.15) is 51.0 Å². The summed E-state index contributed by atoms with van der Waals surface area (Å²) >= 11 is 12.4. The number of anilines is 1. The van der Waals surface area contributed by atoms with E-state index in [-0.39, 0.29) is 34.2 Å². The molecule has 7 nitrogen and oxygen atoms in total. The topological polar surface area (TPSA) is 86.8 Å². The predicted molar refractivity (Wildman–Crippen MR) is 145 cm³/mol. The first-order chi connectivity index (χ1) is 17.1. The maximum absolute atomic E-state index is 13.7. The summed E-state index contributed by atoms with van der Waals surface area (Å²) in [5.41, 5.74) is 0.945. The molecule has 2 aromatic rings. The third-order valence-electron chi connectivity index (χ3n) is 6.39. The number of carbonyl (C=O) groups excluding carboxylic acids is 2. The van der Waals surface area contributed by atoms with Gasteiger partial charge in [0.1, 0.15) is 12.6 Å². The second-order valence-electron chi connectivity index (χ2n) is 9.14. The average Bonchev–Trinajstić information content (AvgIpc) is 2.84. The van der Waals surface area contributed by atoms with Crippen LogP contribution >= 0.6 is 23.2 Å². The fraction of sp³-hybridized carbons (Fsp3) is 0.462. The Kier molecular flexibility index (Phi) is 10.0. The van der Waals surface area contributed by atoms with E-state index in [0.717, 1.165) is 48.2 Å². The van der Waals surface area contributed by atoms with Crippen molar-refractivity contribution in [3.8, 4) is 0 Å². The fourth-order valence-corrected chi connectivity index (χ4v) is 5.80. The Balaban J connectivity index is 1.92. The summed E-state index contributed by atoms with van der Waals surface area (Å²) in [6, 6.07) is 13.1. The summed E-state index contributed by atoms with van der Waals surface area (Å²) in [6.07, 6.45) is 6.53. The van der Waals surface area contributed by atoms with Crippen LogP contribution in [0.2, 0.25) is 10.0 Å². The third kappa shape index (κ3) is 7.60. The lowest BCUT2D eigenvalue weighted by Crippen LogP contribution is -2.54. The van der Waals surface area contributed by atoms with Gasteiger partial charge in [0.15, 0.2) is 0 Å². The quantitative estimate of drug-likeness (QED) is 0.447. The summed E-state index contributed by atoms with van der Waals surface area (Å²) in [7, 11) is -3.89. The molecule has 0 aliphatic heterocycles. The molecule has 196 valence electrons. The molecule has 1 aliphatic carbocycles. The van der Waals surface area contributed by atoms with Crippen molar-refractivity contribution < 1.29 is 18.0 Å². The number of nitrogens with zero attached hydrogens (tertiary/aromatic N) is 2. The van der Waals surface area contributed by atoms with E-state index < -0.39 is 28.5 Å². The lowest BCUT2D eigenvalue weighted by Gasteiger charge is -2.34. The summed E-state index contributed by atoms with van der Waals surface area (Å²) in [5, 5.41) is 3.55. The van der Waals surface area contributed by atoms with Crippen LogP contribution in [0, 0.1) is 0 Å². The van der Waals surface area contributed by atoms with Crippen molar-refractivity contribution >= 4 is 50.7 Å². The van der Waals surface area contributed by atoms with Crippen molar-refractivity contribution in [3.63, 3.8) is 0 Å². The van der Waals surface area contributed by atoms with Crippen LogP contribution in [0.3, 0.4) is 0 Å². The van der Waals surface area contributed by atoms with Crippen molar-refractivity contribution in [2.75, 3.05) is 17.1 Å². The van der Waals surface area contributed by atoms with Crippen LogP contribution in [-0.4, -0.2) is 50.0 Å². The van der Waals surface area contributed by atoms with Gasteiger partial charge in [0.2, 0.25) is 21.8 Å². The van der Waals surface area contributed by atoms with Crippen LogP contribution in [0.4, 0.5) is 5.69 Å². The zero-order valence-corrected chi connectivity index (χ0v) is 23.0. The van der Waals surface area contributed by atoms with Crippen molar-refractivity contribution in [2.45, 2.75) is 64.1 Å². The molecule has 1 atom stereocenters. The van der Waals surface area contributed by atoms with Gasteiger partial charge in [-0.1, -0.05) is 79.7 Å². The van der Waals surface area contributed by atoms with Gasteiger partial charge in [0.05, 0.1) is 17.0 Å². The minimum atomic E-state index is -3.89.